The second kappa shape index (κ2) is 9.75. The van der Waals surface area contributed by atoms with Gasteiger partial charge in [-0.25, -0.2) is 4.79 Å². The lowest BCUT2D eigenvalue weighted by Crippen LogP contribution is -2.53. The van der Waals surface area contributed by atoms with Crippen molar-refractivity contribution in [2.45, 2.75) is 64.3 Å². The van der Waals surface area contributed by atoms with Crippen LogP contribution in [-0.4, -0.2) is 41.3 Å². The molecule has 0 bridgehead atoms. The zero-order valence-electron chi connectivity index (χ0n) is 14.2. The van der Waals surface area contributed by atoms with Gasteiger partial charge in [0.15, 0.2) is 0 Å². The van der Waals surface area contributed by atoms with Crippen LogP contribution >= 0.6 is 0 Å². The first kappa shape index (κ1) is 19.7. The fraction of sp³-hybridized carbons (Fsp3) is 0.625. The van der Waals surface area contributed by atoms with Gasteiger partial charge in [-0.2, -0.15) is 0 Å². The first-order chi connectivity index (χ1) is 11.5. The molecule has 2 N–H and O–H groups in total. The van der Waals surface area contributed by atoms with Gasteiger partial charge in [0.05, 0.1) is 24.3 Å². The lowest BCUT2D eigenvalue weighted by Gasteiger charge is -2.36. The van der Waals surface area contributed by atoms with Gasteiger partial charge in [0.25, 0.3) is 0 Å². The highest BCUT2D eigenvalue weighted by Crippen LogP contribution is 2.26. The van der Waals surface area contributed by atoms with E-state index in [1.54, 1.807) is 13.0 Å². The summed E-state index contributed by atoms with van der Waals surface area (Å²) in [6, 6.07) is -1.34. The number of amides is 1. The van der Waals surface area contributed by atoms with Gasteiger partial charge < -0.3 is 15.2 Å². The van der Waals surface area contributed by atoms with E-state index in [0.29, 0.717) is 0 Å². The average molecular weight is 336 g/mol. The Kier molecular flexibility index (Phi) is 8.01. The minimum Gasteiger partial charge on any atom is -0.478 e. The van der Waals surface area contributed by atoms with E-state index in [4.69, 9.17) is 10.3 Å². The van der Waals surface area contributed by atoms with Gasteiger partial charge in [0, 0.05) is 10.5 Å². The molecule has 0 saturated heterocycles. The molecule has 0 aromatic rings. The molecule has 0 saturated carbocycles. The number of aliphatic carboxylic acids is 1. The maximum Gasteiger partial charge on any atom is 0.331 e. The van der Waals surface area contributed by atoms with Gasteiger partial charge in [-0.1, -0.05) is 25.0 Å². The molecule has 0 aromatic heterocycles. The summed E-state index contributed by atoms with van der Waals surface area (Å²) < 4.78 is 5.98. The van der Waals surface area contributed by atoms with Crippen LogP contribution < -0.4 is 5.32 Å². The van der Waals surface area contributed by atoms with E-state index in [1.807, 2.05) is 13.8 Å². The predicted molar refractivity (Wildman–Crippen MR) is 89.3 cm³/mol. The third-order valence-electron chi connectivity index (χ3n) is 3.92. The number of carboxylic acids is 1. The Bertz CT molecular complexity index is 562. The number of nitrogens with zero attached hydrogens (tertiary/aromatic N) is 3. The van der Waals surface area contributed by atoms with Crippen LogP contribution in [-0.2, 0) is 14.3 Å². The third kappa shape index (κ3) is 5.40. The van der Waals surface area contributed by atoms with Crippen molar-refractivity contribution in [2.24, 2.45) is 5.11 Å². The van der Waals surface area contributed by atoms with E-state index in [1.165, 1.54) is 12.2 Å². The molecule has 0 fully saturated rings. The van der Waals surface area contributed by atoms with Gasteiger partial charge in [-0.3, -0.25) is 4.79 Å². The first-order valence-electron chi connectivity index (χ1n) is 8.03. The molecule has 132 valence electrons. The van der Waals surface area contributed by atoms with E-state index < -0.39 is 24.2 Å². The quantitative estimate of drug-likeness (QED) is 0.306. The summed E-state index contributed by atoms with van der Waals surface area (Å²) in [5, 5.41) is 15.7. The Morgan fingerprint density at radius 1 is 1.54 bits per heavy atom. The number of rotatable bonds is 8. The lowest BCUT2D eigenvalue weighted by molar-refractivity contribution is -0.133. The first-order valence-corrected chi connectivity index (χ1v) is 8.03. The SMILES string of the molecule is C/C=C/C(=O)N[C@@H]1C(N=[N+]=[N-])CC(C(=O)O)=C[C@H]1OC(CC)CC. The third-order valence-corrected chi connectivity index (χ3v) is 3.92. The standard InChI is InChI=1S/C16H24N4O4/c1-4-7-14(21)18-15-12(19-20-17)8-10(16(22)23)9-13(15)24-11(5-2)6-3/h4,7,9,11-13,15H,5-6,8H2,1-3H3,(H,18,21)(H,22,23)/b7-4+/t12?,13-,15-/m1/s1. The van der Waals surface area contributed by atoms with Crippen LogP contribution in [0.4, 0.5) is 0 Å². The summed E-state index contributed by atoms with van der Waals surface area (Å²) in [7, 11) is 0. The number of hydrogen-bond donors (Lipinski definition) is 2. The maximum absolute atomic E-state index is 11.9. The molecule has 1 rings (SSSR count). The molecular weight excluding hydrogens is 312 g/mol. The monoisotopic (exact) mass is 336 g/mol. The molecule has 1 unspecified atom stereocenters. The molecule has 0 spiro atoms. The summed E-state index contributed by atoms with van der Waals surface area (Å²) in [6.07, 6.45) is 5.27. The van der Waals surface area contributed by atoms with Crippen molar-refractivity contribution in [1.82, 2.24) is 5.32 Å². The Balaban J connectivity index is 3.17. The van der Waals surface area contributed by atoms with Gasteiger partial charge >= 0.3 is 5.97 Å². The highest BCUT2D eigenvalue weighted by Gasteiger charge is 2.37. The van der Waals surface area contributed by atoms with E-state index in [2.05, 4.69) is 15.3 Å². The van der Waals surface area contributed by atoms with Gasteiger partial charge in [0.1, 0.15) is 0 Å². The molecule has 1 aliphatic rings. The number of nitrogens with one attached hydrogen (secondary N) is 1. The van der Waals surface area contributed by atoms with Crippen LogP contribution in [0.3, 0.4) is 0 Å². The highest BCUT2D eigenvalue weighted by molar-refractivity contribution is 5.89. The lowest BCUT2D eigenvalue weighted by atomic mass is 9.88. The van der Waals surface area contributed by atoms with Crippen LogP contribution in [0.2, 0.25) is 0 Å². The van der Waals surface area contributed by atoms with Crippen LogP contribution in [0.1, 0.15) is 40.0 Å². The normalized spacial score (nSPS) is 23.7. The maximum atomic E-state index is 11.9. The number of carbonyl (C=O) groups is 2. The Morgan fingerprint density at radius 2 is 2.21 bits per heavy atom. The second-order valence-electron chi connectivity index (χ2n) is 5.55. The van der Waals surface area contributed by atoms with E-state index >= 15 is 0 Å². The molecule has 1 aliphatic carbocycles. The van der Waals surface area contributed by atoms with Crippen molar-refractivity contribution < 1.29 is 19.4 Å². The van der Waals surface area contributed by atoms with Crippen LogP contribution in [0.15, 0.2) is 28.9 Å². The number of carboxylic acid groups (broad SMARTS) is 1. The average Bonchev–Trinajstić information content (AvgIpc) is 2.55. The fourth-order valence-electron chi connectivity index (χ4n) is 2.65. The summed E-state index contributed by atoms with van der Waals surface area (Å²) in [6.45, 7) is 5.65. The van der Waals surface area contributed by atoms with E-state index in [-0.39, 0.29) is 24.0 Å². The molecule has 0 aromatic carbocycles. The summed E-state index contributed by atoms with van der Waals surface area (Å²) in [4.78, 5) is 26.1. The largest absolute Gasteiger partial charge is 0.478 e. The number of carbonyl (C=O) groups excluding carboxylic acids is 1. The molecule has 0 aliphatic heterocycles. The predicted octanol–water partition coefficient (Wildman–Crippen LogP) is 2.71. The summed E-state index contributed by atoms with van der Waals surface area (Å²) >= 11 is 0. The Morgan fingerprint density at radius 3 is 2.71 bits per heavy atom. The minimum atomic E-state index is -1.08. The molecule has 1 amide bonds. The van der Waals surface area contributed by atoms with Gasteiger partial charge in [-0.05, 0) is 43.9 Å². The van der Waals surface area contributed by atoms with E-state index in [9.17, 15) is 14.7 Å². The Labute approximate surface area is 141 Å². The van der Waals surface area contributed by atoms with Gasteiger partial charge in [-0.15, -0.1) is 0 Å². The van der Waals surface area contributed by atoms with Crippen LogP contribution in [0.5, 0.6) is 0 Å². The molecule has 8 heteroatoms. The van der Waals surface area contributed by atoms with Crippen molar-refractivity contribution in [3.63, 3.8) is 0 Å². The Hall–Kier alpha value is -2.31. The fourth-order valence-corrected chi connectivity index (χ4v) is 2.65. The number of allylic oxidation sites excluding steroid dienone is 1. The molecule has 8 nitrogen and oxygen atoms in total. The number of ether oxygens (including phenoxy) is 1. The molecule has 3 atom stereocenters. The van der Waals surface area contributed by atoms with Crippen molar-refractivity contribution in [1.29, 1.82) is 0 Å². The smallest absolute Gasteiger partial charge is 0.331 e. The van der Waals surface area contributed by atoms with Gasteiger partial charge in [0.2, 0.25) is 5.91 Å². The van der Waals surface area contributed by atoms with Crippen molar-refractivity contribution in [2.75, 3.05) is 0 Å². The van der Waals surface area contributed by atoms with Crippen LogP contribution in [0.25, 0.3) is 10.4 Å². The molecular formula is C16H24N4O4. The topological polar surface area (TPSA) is 124 Å². The van der Waals surface area contributed by atoms with Crippen molar-refractivity contribution >= 4 is 11.9 Å². The summed E-state index contributed by atoms with van der Waals surface area (Å²) in [5.74, 6) is -1.42. The summed E-state index contributed by atoms with van der Waals surface area (Å²) in [5.41, 5.74) is 8.91. The van der Waals surface area contributed by atoms with E-state index in [0.717, 1.165) is 12.8 Å². The number of azide groups is 1. The second-order valence-corrected chi connectivity index (χ2v) is 5.55. The molecule has 0 radical (unpaired) electrons. The molecule has 0 heterocycles. The molecule has 24 heavy (non-hydrogen) atoms. The van der Waals surface area contributed by atoms with Crippen molar-refractivity contribution in [3.8, 4) is 0 Å². The zero-order valence-corrected chi connectivity index (χ0v) is 14.2. The zero-order chi connectivity index (χ0) is 18.1. The minimum absolute atomic E-state index is 0.0446. The highest BCUT2D eigenvalue weighted by atomic mass is 16.5. The van der Waals surface area contributed by atoms with Crippen molar-refractivity contribution in [3.05, 3.63) is 34.2 Å². The van der Waals surface area contributed by atoms with Crippen LogP contribution in [0, 0.1) is 0 Å². The number of hydrogen-bond acceptors (Lipinski definition) is 4.